The van der Waals surface area contributed by atoms with E-state index in [0.717, 1.165) is 10.2 Å². The van der Waals surface area contributed by atoms with Gasteiger partial charge in [-0.25, -0.2) is 13.4 Å². The third-order valence-electron chi connectivity index (χ3n) is 2.59. The summed E-state index contributed by atoms with van der Waals surface area (Å²) in [6.45, 7) is 1.65. The standard InChI is InChI=1S/C11H10N4O2S2/c1-7-10(6-12-14-7)19(16,17)15-11-13-8-4-2-3-5-9(8)18-11/h2-6H,1H3,(H,12,14)(H,13,15). The number of hydrogen-bond acceptors (Lipinski definition) is 5. The zero-order valence-corrected chi connectivity index (χ0v) is 11.5. The molecule has 1 aromatic carbocycles. The van der Waals surface area contributed by atoms with Crippen molar-refractivity contribution in [3.05, 3.63) is 36.2 Å². The summed E-state index contributed by atoms with van der Waals surface area (Å²) in [5.74, 6) is 0. The molecule has 0 unspecified atom stereocenters. The van der Waals surface area contributed by atoms with Crippen molar-refractivity contribution in [3.8, 4) is 0 Å². The van der Waals surface area contributed by atoms with Gasteiger partial charge in [0.1, 0.15) is 4.90 Å². The molecular weight excluding hydrogens is 284 g/mol. The number of aryl methyl sites for hydroxylation is 1. The molecule has 0 saturated heterocycles. The number of H-pyrrole nitrogens is 1. The van der Waals surface area contributed by atoms with Crippen LogP contribution in [-0.2, 0) is 10.0 Å². The lowest BCUT2D eigenvalue weighted by Gasteiger charge is -2.02. The Morgan fingerprint density at radius 2 is 2.11 bits per heavy atom. The van der Waals surface area contributed by atoms with Gasteiger partial charge < -0.3 is 0 Å². The number of benzene rings is 1. The van der Waals surface area contributed by atoms with E-state index in [1.165, 1.54) is 17.5 Å². The quantitative estimate of drug-likeness (QED) is 0.774. The molecular formula is C11H10N4O2S2. The zero-order valence-electron chi connectivity index (χ0n) is 9.91. The van der Waals surface area contributed by atoms with Crippen LogP contribution in [0.1, 0.15) is 5.69 Å². The summed E-state index contributed by atoms with van der Waals surface area (Å²) in [5, 5.41) is 6.66. The molecule has 98 valence electrons. The van der Waals surface area contributed by atoms with Gasteiger partial charge in [0, 0.05) is 0 Å². The summed E-state index contributed by atoms with van der Waals surface area (Å²) < 4.78 is 27.7. The first-order valence-electron chi connectivity index (χ1n) is 5.44. The monoisotopic (exact) mass is 294 g/mol. The second-order valence-corrected chi connectivity index (χ2v) is 6.63. The van der Waals surface area contributed by atoms with Crippen molar-refractivity contribution in [3.63, 3.8) is 0 Å². The zero-order chi connectivity index (χ0) is 13.5. The smallest absolute Gasteiger partial charge is 0.267 e. The van der Waals surface area contributed by atoms with Crippen LogP contribution in [0.15, 0.2) is 35.4 Å². The third kappa shape index (κ3) is 2.20. The SMILES string of the molecule is Cc1[nH]ncc1S(=O)(=O)Nc1nc2ccccc2s1. The average Bonchev–Trinajstić information content (AvgIpc) is 2.93. The van der Waals surface area contributed by atoms with E-state index in [4.69, 9.17) is 0 Å². The van der Waals surface area contributed by atoms with Gasteiger partial charge >= 0.3 is 0 Å². The molecule has 0 aliphatic rings. The minimum absolute atomic E-state index is 0.131. The minimum Gasteiger partial charge on any atom is -0.281 e. The highest BCUT2D eigenvalue weighted by Gasteiger charge is 2.20. The van der Waals surface area contributed by atoms with E-state index >= 15 is 0 Å². The van der Waals surface area contributed by atoms with E-state index in [0.29, 0.717) is 10.8 Å². The van der Waals surface area contributed by atoms with Crippen molar-refractivity contribution in [2.45, 2.75) is 11.8 Å². The van der Waals surface area contributed by atoms with Gasteiger partial charge in [-0.15, -0.1) is 0 Å². The summed E-state index contributed by atoms with van der Waals surface area (Å²) in [5.41, 5.74) is 1.27. The fraction of sp³-hybridized carbons (Fsp3) is 0.0909. The van der Waals surface area contributed by atoms with E-state index in [1.807, 2.05) is 24.3 Å². The molecule has 8 heteroatoms. The molecule has 6 nitrogen and oxygen atoms in total. The van der Waals surface area contributed by atoms with E-state index < -0.39 is 10.0 Å². The number of nitrogens with one attached hydrogen (secondary N) is 2. The molecule has 19 heavy (non-hydrogen) atoms. The van der Waals surface area contributed by atoms with Crippen molar-refractivity contribution in [2.75, 3.05) is 4.72 Å². The molecule has 0 atom stereocenters. The number of hydrogen-bond donors (Lipinski definition) is 2. The molecule has 0 aliphatic carbocycles. The van der Waals surface area contributed by atoms with Gasteiger partial charge in [0.15, 0.2) is 5.13 Å². The molecule has 3 rings (SSSR count). The number of nitrogens with zero attached hydrogens (tertiary/aromatic N) is 2. The summed E-state index contributed by atoms with van der Waals surface area (Å²) in [6.07, 6.45) is 1.28. The highest BCUT2D eigenvalue weighted by atomic mass is 32.2. The van der Waals surface area contributed by atoms with Crippen LogP contribution >= 0.6 is 11.3 Å². The molecule has 2 aromatic heterocycles. The number of aromatic amines is 1. The Balaban J connectivity index is 1.99. The summed E-state index contributed by atoms with van der Waals surface area (Å²) in [7, 11) is -3.64. The summed E-state index contributed by atoms with van der Waals surface area (Å²) in [6, 6.07) is 7.49. The summed E-state index contributed by atoms with van der Waals surface area (Å²) in [4.78, 5) is 4.37. The second-order valence-electron chi connectivity index (χ2n) is 3.95. The van der Waals surface area contributed by atoms with Crippen LogP contribution in [0.2, 0.25) is 0 Å². The van der Waals surface area contributed by atoms with Crippen LogP contribution in [-0.4, -0.2) is 23.6 Å². The van der Waals surface area contributed by atoms with Crippen LogP contribution in [0.3, 0.4) is 0 Å². The molecule has 2 N–H and O–H groups in total. The number of sulfonamides is 1. The lowest BCUT2D eigenvalue weighted by molar-refractivity contribution is 0.600. The fourth-order valence-corrected chi connectivity index (χ4v) is 3.94. The Labute approximate surface area is 113 Å². The molecule has 2 heterocycles. The number of rotatable bonds is 3. The van der Waals surface area contributed by atoms with Crippen LogP contribution in [0.25, 0.3) is 10.2 Å². The first-order valence-corrected chi connectivity index (χ1v) is 7.74. The van der Waals surface area contributed by atoms with E-state index in [1.54, 1.807) is 6.92 Å². The highest BCUT2D eigenvalue weighted by Crippen LogP contribution is 2.27. The molecule has 0 amide bonds. The lowest BCUT2D eigenvalue weighted by atomic mass is 10.3. The molecule has 0 radical (unpaired) electrons. The minimum atomic E-state index is -3.64. The van der Waals surface area contributed by atoms with Crippen molar-refractivity contribution in [1.29, 1.82) is 0 Å². The number of fused-ring (bicyclic) bond motifs is 1. The molecule has 0 fully saturated rings. The Morgan fingerprint density at radius 3 is 2.79 bits per heavy atom. The first kappa shape index (κ1) is 12.1. The Bertz CT molecular complexity index is 802. The van der Waals surface area contributed by atoms with Gasteiger partial charge in [0.2, 0.25) is 0 Å². The molecule has 0 saturated carbocycles. The molecule has 3 aromatic rings. The predicted octanol–water partition coefficient (Wildman–Crippen LogP) is 2.13. The third-order valence-corrected chi connectivity index (χ3v) is 5.12. The maximum absolute atomic E-state index is 12.2. The van der Waals surface area contributed by atoms with Crippen LogP contribution < -0.4 is 4.72 Å². The fourth-order valence-electron chi connectivity index (χ4n) is 1.70. The maximum atomic E-state index is 12.2. The van der Waals surface area contributed by atoms with Gasteiger partial charge in [-0.1, -0.05) is 23.5 Å². The summed E-state index contributed by atoms with van der Waals surface area (Å²) >= 11 is 1.30. The second kappa shape index (κ2) is 4.32. The van der Waals surface area contributed by atoms with Crippen molar-refractivity contribution >= 4 is 36.7 Å². The van der Waals surface area contributed by atoms with Crippen LogP contribution in [0.5, 0.6) is 0 Å². The van der Waals surface area contributed by atoms with Gasteiger partial charge in [-0.05, 0) is 19.1 Å². The lowest BCUT2D eigenvalue weighted by Crippen LogP contribution is -2.13. The van der Waals surface area contributed by atoms with E-state index in [2.05, 4.69) is 19.9 Å². The Kier molecular flexibility index (Phi) is 2.76. The van der Waals surface area contributed by atoms with Crippen LogP contribution in [0, 0.1) is 6.92 Å². The first-order chi connectivity index (χ1) is 9.06. The van der Waals surface area contributed by atoms with Crippen LogP contribution in [0.4, 0.5) is 5.13 Å². The largest absolute Gasteiger partial charge is 0.281 e. The van der Waals surface area contributed by atoms with Gasteiger partial charge in [-0.3, -0.25) is 9.82 Å². The Morgan fingerprint density at radius 1 is 1.32 bits per heavy atom. The highest BCUT2D eigenvalue weighted by molar-refractivity contribution is 7.93. The number of thiazole rings is 1. The molecule has 0 aliphatic heterocycles. The van der Waals surface area contributed by atoms with Gasteiger partial charge in [-0.2, -0.15) is 5.10 Å². The van der Waals surface area contributed by atoms with Crippen molar-refractivity contribution in [1.82, 2.24) is 15.2 Å². The number of aromatic nitrogens is 3. The topological polar surface area (TPSA) is 87.7 Å². The Hall–Kier alpha value is -1.93. The van der Waals surface area contributed by atoms with Gasteiger partial charge in [0.05, 0.1) is 22.1 Å². The average molecular weight is 294 g/mol. The van der Waals surface area contributed by atoms with E-state index in [9.17, 15) is 8.42 Å². The number of para-hydroxylation sites is 1. The van der Waals surface area contributed by atoms with Crippen molar-refractivity contribution < 1.29 is 8.42 Å². The molecule has 0 spiro atoms. The van der Waals surface area contributed by atoms with Gasteiger partial charge in [0.25, 0.3) is 10.0 Å². The molecule has 0 bridgehead atoms. The number of anilines is 1. The van der Waals surface area contributed by atoms with E-state index in [-0.39, 0.29) is 4.90 Å². The maximum Gasteiger partial charge on any atom is 0.267 e. The van der Waals surface area contributed by atoms with Crippen molar-refractivity contribution in [2.24, 2.45) is 0 Å². The normalized spacial score (nSPS) is 11.8. The predicted molar refractivity (Wildman–Crippen MR) is 73.8 cm³/mol.